The minimum atomic E-state index is -1.05. The van der Waals surface area contributed by atoms with Crippen molar-refractivity contribution < 1.29 is 14.7 Å². The van der Waals surface area contributed by atoms with Gasteiger partial charge in [-0.1, -0.05) is 36.4 Å². The van der Waals surface area contributed by atoms with Crippen LogP contribution in [0.15, 0.2) is 60.7 Å². The van der Waals surface area contributed by atoms with Crippen LogP contribution in [0.2, 0.25) is 0 Å². The topological polar surface area (TPSA) is 102 Å². The maximum absolute atomic E-state index is 12.3. The second-order valence-electron chi connectivity index (χ2n) is 5.60. The molecule has 2 aromatic rings. The SMILES string of the molecule is C[C@H](O)CC(C(=O)NNc1ccccc1)C(=O)NNc1ccccc1. The average molecular weight is 342 g/mol. The van der Waals surface area contributed by atoms with Gasteiger partial charge in [0.25, 0.3) is 11.8 Å². The van der Waals surface area contributed by atoms with Crippen molar-refractivity contribution in [2.75, 3.05) is 10.9 Å². The molecule has 5 N–H and O–H groups in total. The molecule has 1 atom stereocenters. The lowest BCUT2D eigenvalue weighted by Gasteiger charge is -2.19. The molecule has 132 valence electrons. The fourth-order valence-electron chi connectivity index (χ4n) is 2.16. The van der Waals surface area contributed by atoms with Crippen LogP contribution < -0.4 is 21.7 Å². The molecule has 0 aliphatic carbocycles. The zero-order valence-electron chi connectivity index (χ0n) is 13.9. The van der Waals surface area contributed by atoms with Gasteiger partial charge in [-0.3, -0.25) is 31.3 Å². The number of carbonyl (C=O) groups is 2. The summed E-state index contributed by atoms with van der Waals surface area (Å²) in [6, 6.07) is 18.1. The van der Waals surface area contributed by atoms with Crippen molar-refractivity contribution in [2.24, 2.45) is 5.92 Å². The highest BCUT2D eigenvalue weighted by atomic mass is 16.3. The van der Waals surface area contributed by atoms with Crippen molar-refractivity contribution in [3.8, 4) is 0 Å². The molecule has 0 unspecified atom stereocenters. The summed E-state index contributed by atoms with van der Waals surface area (Å²) in [7, 11) is 0. The molecule has 0 aliphatic rings. The molecular weight excluding hydrogens is 320 g/mol. The smallest absolute Gasteiger partial charge is 0.251 e. The summed E-state index contributed by atoms with van der Waals surface area (Å²) in [4.78, 5) is 24.7. The van der Waals surface area contributed by atoms with Crippen molar-refractivity contribution in [1.82, 2.24) is 10.9 Å². The van der Waals surface area contributed by atoms with E-state index >= 15 is 0 Å². The van der Waals surface area contributed by atoms with E-state index in [1.54, 1.807) is 24.3 Å². The Morgan fingerprint density at radius 2 is 1.24 bits per heavy atom. The molecule has 0 aromatic heterocycles. The number of hydrogen-bond acceptors (Lipinski definition) is 5. The van der Waals surface area contributed by atoms with E-state index < -0.39 is 23.8 Å². The molecule has 2 aromatic carbocycles. The van der Waals surface area contributed by atoms with Crippen LogP contribution in [0.3, 0.4) is 0 Å². The Bertz CT molecular complexity index is 622. The summed E-state index contributed by atoms with van der Waals surface area (Å²) in [6.07, 6.45) is -0.792. The number of anilines is 2. The Hall–Kier alpha value is -3.06. The molecule has 0 saturated heterocycles. The van der Waals surface area contributed by atoms with E-state index in [4.69, 9.17) is 0 Å². The lowest BCUT2D eigenvalue weighted by atomic mass is 10.0. The summed E-state index contributed by atoms with van der Waals surface area (Å²) in [5.74, 6) is -2.11. The highest BCUT2D eigenvalue weighted by molar-refractivity contribution is 6.01. The van der Waals surface area contributed by atoms with Gasteiger partial charge in [0.1, 0.15) is 5.92 Å². The number of para-hydroxylation sites is 2. The van der Waals surface area contributed by atoms with E-state index in [0.717, 1.165) is 0 Å². The number of amides is 2. The van der Waals surface area contributed by atoms with Gasteiger partial charge in [0, 0.05) is 0 Å². The van der Waals surface area contributed by atoms with Gasteiger partial charge in [-0.2, -0.15) is 0 Å². The fourth-order valence-corrected chi connectivity index (χ4v) is 2.16. The van der Waals surface area contributed by atoms with Gasteiger partial charge in [-0.05, 0) is 37.6 Å². The van der Waals surface area contributed by atoms with E-state index in [1.165, 1.54) is 6.92 Å². The Morgan fingerprint density at radius 1 is 0.840 bits per heavy atom. The first-order valence-electron chi connectivity index (χ1n) is 7.96. The number of carbonyl (C=O) groups excluding carboxylic acids is 2. The predicted octanol–water partition coefficient (Wildman–Crippen LogP) is 1.66. The molecule has 2 rings (SSSR count). The van der Waals surface area contributed by atoms with E-state index in [1.807, 2.05) is 36.4 Å². The molecule has 0 aliphatic heterocycles. The summed E-state index contributed by atoms with van der Waals surface area (Å²) < 4.78 is 0. The van der Waals surface area contributed by atoms with Crippen molar-refractivity contribution >= 4 is 23.2 Å². The van der Waals surface area contributed by atoms with Crippen LogP contribution in [0.4, 0.5) is 11.4 Å². The largest absolute Gasteiger partial charge is 0.393 e. The van der Waals surface area contributed by atoms with Crippen molar-refractivity contribution in [2.45, 2.75) is 19.4 Å². The Labute approximate surface area is 146 Å². The Kier molecular flexibility index (Phi) is 6.79. The number of hydrazine groups is 2. The highest BCUT2D eigenvalue weighted by Crippen LogP contribution is 2.10. The van der Waals surface area contributed by atoms with Crippen molar-refractivity contribution in [3.05, 3.63) is 60.7 Å². The average Bonchev–Trinajstić information content (AvgIpc) is 2.64. The Morgan fingerprint density at radius 3 is 1.60 bits per heavy atom. The molecule has 0 fully saturated rings. The molecule has 0 saturated carbocycles. The van der Waals surface area contributed by atoms with Crippen LogP contribution >= 0.6 is 0 Å². The summed E-state index contributed by atoms with van der Waals surface area (Å²) in [6.45, 7) is 1.53. The van der Waals surface area contributed by atoms with Gasteiger partial charge in [0.2, 0.25) is 0 Å². The van der Waals surface area contributed by atoms with E-state index in [9.17, 15) is 14.7 Å². The molecule has 25 heavy (non-hydrogen) atoms. The van der Waals surface area contributed by atoms with Gasteiger partial charge in [0.15, 0.2) is 0 Å². The summed E-state index contributed by atoms with van der Waals surface area (Å²) in [5.41, 5.74) is 11.9. The van der Waals surface area contributed by atoms with E-state index in [2.05, 4.69) is 21.7 Å². The van der Waals surface area contributed by atoms with Crippen molar-refractivity contribution in [1.29, 1.82) is 0 Å². The molecule has 0 heterocycles. The fraction of sp³-hybridized carbons (Fsp3) is 0.222. The maximum Gasteiger partial charge on any atom is 0.251 e. The highest BCUT2D eigenvalue weighted by Gasteiger charge is 2.28. The molecular formula is C18H22N4O3. The quantitative estimate of drug-likeness (QED) is 0.371. The first kappa shape index (κ1) is 18.3. The van der Waals surface area contributed by atoms with E-state index in [-0.39, 0.29) is 6.42 Å². The lowest BCUT2D eigenvalue weighted by molar-refractivity contribution is -0.136. The first-order chi connectivity index (χ1) is 12.1. The molecule has 2 amide bonds. The van der Waals surface area contributed by atoms with Crippen LogP contribution in [0.1, 0.15) is 13.3 Å². The minimum absolute atomic E-state index is 0.00457. The van der Waals surface area contributed by atoms with Crippen LogP contribution in [0.5, 0.6) is 0 Å². The van der Waals surface area contributed by atoms with Crippen LogP contribution in [-0.2, 0) is 9.59 Å². The number of rotatable bonds is 8. The minimum Gasteiger partial charge on any atom is -0.393 e. The predicted molar refractivity (Wildman–Crippen MR) is 96.2 cm³/mol. The normalized spacial score (nSPS) is 11.5. The zero-order valence-corrected chi connectivity index (χ0v) is 13.9. The third-order valence-corrected chi connectivity index (χ3v) is 3.42. The number of hydrogen-bond donors (Lipinski definition) is 5. The number of nitrogens with one attached hydrogen (secondary N) is 4. The Balaban J connectivity index is 1.93. The lowest BCUT2D eigenvalue weighted by Crippen LogP contribution is -2.45. The number of aliphatic hydroxyl groups is 1. The van der Waals surface area contributed by atoms with Crippen molar-refractivity contribution in [3.63, 3.8) is 0 Å². The monoisotopic (exact) mass is 342 g/mol. The van der Waals surface area contributed by atoms with E-state index in [0.29, 0.717) is 11.4 Å². The van der Waals surface area contributed by atoms with Crippen LogP contribution in [0.25, 0.3) is 0 Å². The second-order valence-corrected chi connectivity index (χ2v) is 5.60. The van der Waals surface area contributed by atoms with Gasteiger partial charge in [-0.25, -0.2) is 0 Å². The van der Waals surface area contributed by atoms with Gasteiger partial charge < -0.3 is 5.11 Å². The zero-order chi connectivity index (χ0) is 18.1. The molecule has 7 nitrogen and oxygen atoms in total. The first-order valence-corrected chi connectivity index (χ1v) is 7.96. The van der Waals surface area contributed by atoms with Gasteiger partial charge in [0.05, 0.1) is 17.5 Å². The summed E-state index contributed by atoms with van der Waals surface area (Å²) >= 11 is 0. The molecule has 0 radical (unpaired) electrons. The summed E-state index contributed by atoms with van der Waals surface area (Å²) in [5, 5.41) is 9.59. The van der Waals surface area contributed by atoms with Gasteiger partial charge >= 0.3 is 0 Å². The molecule has 0 spiro atoms. The third kappa shape index (κ3) is 6.15. The third-order valence-electron chi connectivity index (χ3n) is 3.42. The van der Waals surface area contributed by atoms with Crippen LogP contribution in [0, 0.1) is 5.92 Å². The molecule has 7 heteroatoms. The molecule has 0 bridgehead atoms. The number of benzene rings is 2. The van der Waals surface area contributed by atoms with Crippen LogP contribution in [-0.4, -0.2) is 23.0 Å². The standard InChI is InChI=1S/C18H22N4O3/c1-13(23)12-16(17(24)21-19-14-8-4-2-5-9-14)18(25)22-20-15-10-6-3-7-11-15/h2-11,13,16,19-20,23H,12H2,1H3,(H,21,24)(H,22,25)/t13-/m0/s1. The maximum atomic E-state index is 12.3. The number of aliphatic hydroxyl groups excluding tert-OH is 1. The second kappa shape index (κ2) is 9.29. The van der Waals surface area contributed by atoms with Gasteiger partial charge in [-0.15, -0.1) is 0 Å².